The number of aromatic nitrogens is 3. The summed E-state index contributed by atoms with van der Waals surface area (Å²) >= 11 is 0. The van der Waals surface area contributed by atoms with Crippen LogP contribution in [-0.4, -0.2) is 26.9 Å². The van der Waals surface area contributed by atoms with E-state index < -0.39 is 0 Å². The Morgan fingerprint density at radius 3 is 2.31 bits per heavy atom. The van der Waals surface area contributed by atoms with Gasteiger partial charge >= 0.3 is 0 Å². The third-order valence-corrected chi connectivity index (χ3v) is 8.01. The molecule has 2 fully saturated rings. The summed E-state index contributed by atoms with van der Waals surface area (Å²) in [5, 5.41) is 0. The lowest BCUT2D eigenvalue weighted by Crippen LogP contribution is -2.17. The molecule has 5 heteroatoms. The van der Waals surface area contributed by atoms with Crippen LogP contribution in [-0.2, 0) is 16.0 Å². The average molecular weight is 476 g/mol. The molecule has 188 valence electrons. The first-order valence-corrected chi connectivity index (χ1v) is 13.5. The van der Waals surface area contributed by atoms with Crippen molar-refractivity contribution in [3.8, 4) is 0 Å². The molecule has 0 spiro atoms. The lowest BCUT2D eigenvalue weighted by atomic mass is 9.81. The van der Waals surface area contributed by atoms with Crippen LogP contribution in [0.1, 0.15) is 113 Å². The normalized spacial score (nSPS) is 24.4. The molecular weight excluding hydrogens is 434 g/mol. The maximum Gasteiger partial charge on any atom is 0.161 e. The minimum Gasteiger partial charge on any atom is -0.349 e. The van der Waals surface area contributed by atoms with Gasteiger partial charge in [-0.25, -0.2) is 4.98 Å². The molecule has 5 rings (SSSR count). The molecule has 2 saturated heterocycles. The highest BCUT2D eigenvalue weighted by atomic mass is 16.7. The largest absolute Gasteiger partial charge is 0.349 e. The third kappa shape index (κ3) is 4.65. The van der Waals surface area contributed by atoms with Gasteiger partial charge in [0, 0.05) is 18.7 Å². The van der Waals surface area contributed by atoms with Crippen molar-refractivity contribution < 1.29 is 9.47 Å². The predicted molar refractivity (Wildman–Crippen MR) is 141 cm³/mol. The van der Waals surface area contributed by atoms with Crippen molar-refractivity contribution in [1.82, 2.24) is 14.5 Å². The Labute approximate surface area is 210 Å². The fraction of sp³-hybridized carbons (Fsp3) is 0.600. The number of rotatable bonds is 7. The number of pyridine rings is 1. The van der Waals surface area contributed by atoms with Gasteiger partial charge in [-0.15, -0.1) is 0 Å². The Hall–Kier alpha value is -2.24. The van der Waals surface area contributed by atoms with Gasteiger partial charge in [0.05, 0.1) is 23.9 Å². The van der Waals surface area contributed by atoms with Crippen molar-refractivity contribution in [1.29, 1.82) is 0 Å². The highest BCUT2D eigenvalue weighted by molar-refractivity contribution is 5.74. The molecule has 0 amide bonds. The molecule has 5 nitrogen and oxygen atoms in total. The molecule has 2 aliphatic rings. The van der Waals surface area contributed by atoms with E-state index in [1.807, 2.05) is 12.4 Å². The number of benzene rings is 1. The van der Waals surface area contributed by atoms with Crippen LogP contribution < -0.4 is 0 Å². The van der Waals surface area contributed by atoms with Gasteiger partial charge in [0.25, 0.3) is 0 Å². The fourth-order valence-electron chi connectivity index (χ4n) is 6.06. The Morgan fingerprint density at radius 2 is 1.69 bits per heavy atom. The van der Waals surface area contributed by atoms with Crippen LogP contribution in [0, 0.1) is 12.8 Å². The average Bonchev–Trinajstić information content (AvgIpc) is 3.47. The standard InChI is InChI=1S/C30H41N3O2/c1-17(2)21-13-24(18(3)4)29(25(14-21)19(5)6)28-15-22-12-23(34-30(22)35-28)9-11-33-20(7)32-26-16-31-10-8-27(26)33/h8,10,13-14,16-19,22-23,28,30H,9,11-12,15H2,1-7H3. The summed E-state index contributed by atoms with van der Waals surface area (Å²) in [7, 11) is 0. The molecule has 1 aromatic carbocycles. The number of hydrogen-bond donors (Lipinski definition) is 0. The Morgan fingerprint density at radius 1 is 0.971 bits per heavy atom. The third-order valence-electron chi connectivity index (χ3n) is 8.01. The van der Waals surface area contributed by atoms with Gasteiger partial charge in [-0.1, -0.05) is 53.7 Å². The van der Waals surface area contributed by atoms with Crippen LogP contribution in [0.2, 0.25) is 0 Å². The number of imidazole rings is 1. The Kier molecular flexibility index (Phi) is 6.75. The van der Waals surface area contributed by atoms with E-state index in [4.69, 9.17) is 9.47 Å². The van der Waals surface area contributed by atoms with E-state index in [2.05, 4.69) is 81.2 Å². The molecule has 3 aromatic rings. The van der Waals surface area contributed by atoms with Crippen molar-refractivity contribution in [2.45, 2.75) is 111 Å². The highest BCUT2D eigenvalue weighted by Crippen LogP contribution is 2.48. The number of nitrogens with zero attached hydrogens (tertiary/aromatic N) is 3. The minimum absolute atomic E-state index is 0.0837. The van der Waals surface area contributed by atoms with Crippen LogP contribution in [0.3, 0.4) is 0 Å². The van der Waals surface area contributed by atoms with Crippen LogP contribution in [0.15, 0.2) is 30.6 Å². The zero-order valence-corrected chi connectivity index (χ0v) is 22.4. The maximum absolute atomic E-state index is 6.67. The summed E-state index contributed by atoms with van der Waals surface area (Å²) in [6, 6.07) is 6.92. The van der Waals surface area contributed by atoms with Gasteiger partial charge in [-0.05, 0) is 72.3 Å². The van der Waals surface area contributed by atoms with E-state index in [0.717, 1.165) is 42.7 Å². The first-order valence-electron chi connectivity index (χ1n) is 13.5. The van der Waals surface area contributed by atoms with Crippen molar-refractivity contribution >= 4 is 11.0 Å². The lowest BCUT2D eigenvalue weighted by molar-refractivity contribution is -0.141. The first kappa shape index (κ1) is 24.5. The number of fused-ring (bicyclic) bond motifs is 2. The molecule has 2 aliphatic heterocycles. The molecule has 0 aliphatic carbocycles. The van der Waals surface area contributed by atoms with Gasteiger partial charge in [-0.3, -0.25) is 4.98 Å². The molecule has 2 aromatic heterocycles. The summed E-state index contributed by atoms with van der Waals surface area (Å²) in [6.07, 6.45) is 7.08. The van der Waals surface area contributed by atoms with Crippen molar-refractivity contribution in [3.05, 3.63) is 58.7 Å². The zero-order valence-electron chi connectivity index (χ0n) is 22.4. The molecule has 4 atom stereocenters. The zero-order chi connectivity index (χ0) is 24.9. The number of ether oxygens (including phenoxy) is 2. The highest BCUT2D eigenvalue weighted by Gasteiger charge is 2.45. The SMILES string of the molecule is Cc1nc2cnccc2n1CCC1CC2CC(c3c(C(C)C)cc(C(C)C)cc3C(C)C)OC2O1. The quantitative estimate of drug-likeness (QED) is 0.357. The predicted octanol–water partition coefficient (Wildman–Crippen LogP) is 7.39. The first-order chi connectivity index (χ1) is 16.7. The van der Waals surface area contributed by atoms with E-state index in [1.54, 1.807) is 0 Å². The second-order valence-electron chi connectivity index (χ2n) is 11.5. The maximum atomic E-state index is 6.67. The van der Waals surface area contributed by atoms with E-state index in [1.165, 1.54) is 22.3 Å². The molecule has 0 radical (unpaired) electrons. The Balaban J connectivity index is 1.30. The topological polar surface area (TPSA) is 49.2 Å². The summed E-state index contributed by atoms with van der Waals surface area (Å²) in [5.41, 5.74) is 7.90. The molecule has 4 heterocycles. The van der Waals surface area contributed by atoms with Crippen LogP contribution >= 0.6 is 0 Å². The van der Waals surface area contributed by atoms with Crippen LogP contribution in [0.5, 0.6) is 0 Å². The van der Waals surface area contributed by atoms with Crippen molar-refractivity contribution in [2.24, 2.45) is 5.92 Å². The van der Waals surface area contributed by atoms with Gasteiger partial charge in [0.15, 0.2) is 6.29 Å². The monoisotopic (exact) mass is 475 g/mol. The van der Waals surface area contributed by atoms with Crippen molar-refractivity contribution in [3.63, 3.8) is 0 Å². The molecule has 0 saturated carbocycles. The smallest absolute Gasteiger partial charge is 0.161 e. The van der Waals surface area contributed by atoms with Gasteiger partial charge in [0.1, 0.15) is 11.3 Å². The Bertz CT molecular complexity index is 1150. The van der Waals surface area contributed by atoms with E-state index >= 15 is 0 Å². The summed E-state index contributed by atoms with van der Waals surface area (Å²) in [5.74, 6) is 2.98. The van der Waals surface area contributed by atoms with Crippen molar-refractivity contribution in [2.75, 3.05) is 0 Å². The van der Waals surface area contributed by atoms with E-state index in [-0.39, 0.29) is 18.5 Å². The fourth-order valence-corrected chi connectivity index (χ4v) is 6.06. The molecular formula is C30H41N3O2. The van der Waals surface area contributed by atoms with Crippen LogP contribution in [0.4, 0.5) is 0 Å². The second kappa shape index (κ2) is 9.67. The van der Waals surface area contributed by atoms with E-state index in [9.17, 15) is 0 Å². The van der Waals surface area contributed by atoms with Gasteiger partial charge < -0.3 is 14.0 Å². The molecule has 0 bridgehead atoms. The minimum atomic E-state index is -0.0837. The summed E-state index contributed by atoms with van der Waals surface area (Å²) < 4.78 is 15.4. The molecule has 0 N–H and O–H groups in total. The summed E-state index contributed by atoms with van der Waals surface area (Å²) in [6.45, 7) is 16.8. The second-order valence-corrected chi connectivity index (χ2v) is 11.5. The molecule has 4 unspecified atom stereocenters. The van der Waals surface area contributed by atoms with Crippen LogP contribution in [0.25, 0.3) is 11.0 Å². The molecule has 35 heavy (non-hydrogen) atoms. The van der Waals surface area contributed by atoms with Gasteiger partial charge in [-0.2, -0.15) is 0 Å². The van der Waals surface area contributed by atoms with E-state index in [0.29, 0.717) is 23.7 Å². The lowest BCUT2D eigenvalue weighted by Gasteiger charge is -2.27. The number of hydrogen-bond acceptors (Lipinski definition) is 4. The number of aryl methyl sites for hydroxylation is 2. The van der Waals surface area contributed by atoms with Gasteiger partial charge in [0.2, 0.25) is 0 Å². The summed E-state index contributed by atoms with van der Waals surface area (Å²) in [4.78, 5) is 8.86.